The first-order chi connectivity index (χ1) is 22.7. The van der Waals surface area contributed by atoms with Gasteiger partial charge in [-0.2, -0.15) is 0 Å². The highest BCUT2D eigenvalue weighted by atomic mass is 16.5. The Morgan fingerprint density at radius 3 is 2.33 bits per heavy atom. The molecule has 0 spiro atoms. The zero-order valence-corrected chi connectivity index (χ0v) is 26.9. The zero-order valence-electron chi connectivity index (χ0n) is 26.9. The number of hydrogen-bond donors (Lipinski definition) is 0. The molecule has 5 atom stereocenters. The van der Waals surface area contributed by atoms with Crippen molar-refractivity contribution in [1.29, 1.82) is 0 Å². The molecule has 0 N–H and O–H groups in total. The van der Waals surface area contributed by atoms with Gasteiger partial charge in [-0.1, -0.05) is 85.8 Å². The minimum atomic E-state index is -0.0686. The van der Waals surface area contributed by atoms with E-state index in [4.69, 9.17) is 14.5 Å². The molecule has 3 fully saturated rings. The van der Waals surface area contributed by atoms with Gasteiger partial charge in [0.1, 0.15) is 24.4 Å². The quantitative estimate of drug-likeness (QED) is 0.121. The lowest BCUT2D eigenvalue weighted by Crippen LogP contribution is -2.67. The fourth-order valence-corrected chi connectivity index (χ4v) is 8.96. The molecule has 3 aliphatic heterocycles. The summed E-state index contributed by atoms with van der Waals surface area (Å²) in [6.45, 7) is 6.33. The summed E-state index contributed by atoms with van der Waals surface area (Å²) in [4.78, 5) is 4.76. The Kier molecular flexibility index (Phi) is 7.72. The van der Waals surface area contributed by atoms with Crippen molar-refractivity contribution < 1.29 is 14.0 Å². The zero-order chi connectivity index (χ0) is 31.1. The lowest BCUT2D eigenvalue weighted by Gasteiger charge is -2.59. The maximum atomic E-state index is 7.22. The maximum absolute atomic E-state index is 7.22. The Bertz CT molecular complexity index is 1960. The second-order valence-corrected chi connectivity index (χ2v) is 13.6. The molecule has 0 amide bonds. The third kappa shape index (κ3) is 5.14. The number of pyridine rings is 1. The van der Waals surface area contributed by atoms with Crippen molar-refractivity contribution in [2.24, 2.45) is 11.8 Å². The summed E-state index contributed by atoms with van der Waals surface area (Å²) in [7, 11) is 1.73. The van der Waals surface area contributed by atoms with E-state index < -0.39 is 0 Å². The van der Waals surface area contributed by atoms with Gasteiger partial charge >= 0.3 is 0 Å². The average molecular weight is 608 g/mol. The normalized spacial score (nSPS) is 23.2. The van der Waals surface area contributed by atoms with Crippen molar-refractivity contribution in [1.82, 2.24) is 4.98 Å². The van der Waals surface area contributed by atoms with Crippen LogP contribution in [0.2, 0.25) is 0 Å². The van der Waals surface area contributed by atoms with Crippen LogP contribution in [0.25, 0.3) is 32.4 Å². The molecule has 4 heteroatoms. The largest absolute Gasteiger partial charge is 0.497 e. The van der Waals surface area contributed by atoms with Gasteiger partial charge in [0.15, 0.2) is 0 Å². The van der Waals surface area contributed by atoms with Gasteiger partial charge in [0.05, 0.1) is 32.3 Å². The first-order valence-electron chi connectivity index (χ1n) is 17.0. The second kappa shape index (κ2) is 12.2. The highest BCUT2D eigenvalue weighted by Gasteiger charge is 2.55. The van der Waals surface area contributed by atoms with Gasteiger partial charge in [-0.3, -0.25) is 4.98 Å². The smallest absolute Gasteiger partial charge is 0.135 e. The van der Waals surface area contributed by atoms with Crippen LogP contribution < -0.4 is 4.74 Å². The predicted octanol–water partition coefficient (Wildman–Crippen LogP) is 9.64. The molecule has 0 unspecified atom stereocenters. The molecule has 6 aromatic rings. The molecule has 0 saturated carbocycles. The van der Waals surface area contributed by atoms with E-state index in [-0.39, 0.29) is 6.10 Å². The van der Waals surface area contributed by atoms with E-state index in [9.17, 15) is 0 Å². The van der Waals surface area contributed by atoms with Gasteiger partial charge in [-0.15, -0.1) is 0 Å². The minimum absolute atomic E-state index is 0.0686. The molecule has 46 heavy (non-hydrogen) atoms. The summed E-state index contributed by atoms with van der Waals surface area (Å²) in [6, 6.07) is 39.8. The second-order valence-electron chi connectivity index (χ2n) is 13.6. The number of aromatic nitrogens is 1. The average Bonchev–Trinajstić information content (AvgIpc) is 3.12. The number of fused-ring (bicyclic) bond motifs is 6. The topological polar surface area (TPSA) is 31.4 Å². The first-order valence-corrected chi connectivity index (χ1v) is 17.0. The Labute approximate surface area is 272 Å². The minimum Gasteiger partial charge on any atom is -0.497 e. The molecule has 9 rings (SSSR count). The van der Waals surface area contributed by atoms with Gasteiger partial charge < -0.3 is 14.0 Å². The molecule has 3 saturated heterocycles. The first kappa shape index (κ1) is 29.2. The number of para-hydroxylation sites is 1. The van der Waals surface area contributed by atoms with E-state index in [1.807, 2.05) is 12.3 Å². The summed E-state index contributed by atoms with van der Waals surface area (Å²) in [5.41, 5.74) is 4.92. The van der Waals surface area contributed by atoms with Crippen LogP contribution in [0.3, 0.4) is 0 Å². The molecule has 5 aromatic carbocycles. The van der Waals surface area contributed by atoms with Crippen LogP contribution in [-0.4, -0.2) is 35.7 Å². The third-order valence-electron chi connectivity index (χ3n) is 11.2. The summed E-state index contributed by atoms with van der Waals surface area (Å²) < 4.78 is 13.9. The molecule has 0 aliphatic carbocycles. The number of hydrogen-bond acceptors (Lipinski definition) is 3. The molecule has 4 nitrogen and oxygen atoms in total. The van der Waals surface area contributed by atoms with Crippen LogP contribution >= 0.6 is 0 Å². The highest BCUT2D eigenvalue weighted by molar-refractivity contribution is 6.02. The number of nitrogens with zero attached hydrogens (tertiary/aromatic N) is 2. The third-order valence-corrected chi connectivity index (χ3v) is 11.2. The van der Waals surface area contributed by atoms with Crippen LogP contribution in [0.15, 0.2) is 115 Å². The van der Waals surface area contributed by atoms with E-state index in [0.29, 0.717) is 12.6 Å². The van der Waals surface area contributed by atoms with Crippen molar-refractivity contribution in [3.05, 3.63) is 132 Å². The standard InChI is InChI=1S/C42H43N2O2/c1-3-30-26-44(27-39-35-15-6-4-12-32(35)24-33-13-5-7-16-36(33)39)22-20-31(30)25-41(44)42(46-28-29-11-10-14-34(23-29)45-2)38-19-21-43-40-18-9-8-17-37(38)40/h4-19,21,23-24,30-31,41-42H,3,20,22,25-28H2,1-2H3/q+1/t30-,31-,41+,42+,44-/m0/s1. The van der Waals surface area contributed by atoms with E-state index in [2.05, 4.69) is 110 Å². The fraction of sp³-hybridized carbons (Fsp3) is 0.310. The van der Waals surface area contributed by atoms with Gasteiger partial charge in [0, 0.05) is 35.9 Å². The van der Waals surface area contributed by atoms with Crippen LogP contribution in [0.4, 0.5) is 0 Å². The van der Waals surface area contributed by atoms with Crippen LogP contribution in [0.5, 0.6) is 5.75 Å². The Hall–Kier alpha value is -4.25. The molecule has 3 aliphatic rings. The van der Waals surface area contributed by atoms with E-state index in [1.165, 1.54) is 70.4 Å². The maximum Gasteiger partial charge on any atom is 0.135 e. The lowest BCUT2D eigenvalue weighted by atomic mass is 9.70. The molecular formula is C42H43N2O2+. The molecule has 4 heterocycles. The number of piperidine rings is 3. The number of quaternary nitrogens is 1. The van der Waals surface area contributed by atoms with Gasteiger partial charge in [-0.25, -0.2) is 0 Å². The molecular weight excluding hydrogens is 564 g/mol. The van der Waals surface area contributed by atoms with E-state index >= 15 is 0 Å². The number of methoxy groups -OCH3 is 1. The van der Waals surface area contributed by atoms with Crippen molar-refractivity contribution in [2.45, 2.75) is 51.5 Å². The number of benzene rings is 5. The fourth-order valence-electron chi connectivity index (χ4n) is 8.96. The van der Waals surface area contributed by atoms with E-state index in [0.717, 1.165) is 39.7 Å². The van der Waals surface area contributed by atoms with Crippen molar-refractivity contribution in [3.8, 4) is 5.75 Å². The predicted molar refractivity (Wildman–Crippen MR) is 188 cm³/mol. The summed E-state index contributed by atoms with van der Waals surface area (Å²) >= 11 is 0. The van der Waals surface area contributed by atoms with Gasteiger partial charge in [0.2, 0.25) is 0 Å². The molecule has 232 valence electrons. The van der Waals surface area contributed by atoms with Crippen LogP contribution in [-0.2, 0) is 17.9 Å². The monoisotopic (exact) mass is 607 g/mol. The Morgan fingerprint density at radius 1 is 0.826 bits per heavy atom. The number of rotatable bonds is 9. The molecule has 1 aromatic heterocycles. The Morgan fingerprint density at radius 2 is 1.57 bits per heavy atom. The highest BCUT2D eigenvalue weighted by Crippen LogP contribution is 2.50. The van der Waals surface area contributed by atoms with E-state index in [1.54, 1.807) is 7.11 Å². The van der Waals surface area contributed by atoms with Crippen LogP contribution in [0.1, 0.15) is 49.0 Å². The van der Waals surface area contributed by atoms with Crippen molar-refractivity contribution in [2.75, 3.05) is 20.2 Å². The van der Waals surface area contributed by atoms with Crippen molar-refractivity contribution in [3.63, 3.8) is 0 Å². The molecule has 2 bridgehead atoms. The SMILES string of the molecule is CC[C@H]1C[N@+]2(Cc3c4ccccc4cc4ccccc34)CC[C@H]1C[C@@H]2[C@H](OCc1cccc(OC)c1)c1ccnc2ccccc12. The van der Waals surface area contributed by atoms with Gasteiger partial charge in [0.25, 0.3) is 0 Å². The van der Waals surface area contributed by atoms with Crippen LogP contribution in [0, 0.1) is 11.8 Å². The molecule has 0 radical (unpaired) electrons. The lowest BCUT2D eigenvalue weighted by molar-refractivity contribution is -0.985. The number of ether oxygens (including phenoxy) is 2. The summed E-state index contributed by atoms with van der Waals surface area (Å²) in [5, 5.41) is 6.63. The van der Waals surface area contributed by atoms with Crippen molar-refractivity contribution >= 4 is 32.4 Å². The Balaban J connectivity index is 1.28. The summed E-state index contributed by atoms with van der Waals surface area (Å²) in [6.07, 6.45) is 5.62. The van der Waals surface area contributed by atoms with Gasteiger partial charge in [-0.05, 0) is 75.3 Å². The summed E-state index contributed by atoms with van der Waals surface area (Å²) in [5.74, 6) is 2.33.